The summed E-state index contributed by atoms with van der Waals surface area (Å²) in [5.74, 6) is 2.94. The predicted octanol–water partition coefficient (Wildman–Crippen LogP) is 2.72. The molecule has 6 heteroatoms. The largest absolute Gasteiger partial charge is 0.497 e. The van der Waals surface area contributed by atoms with E-state index in [1.807, 2.05) is 49.5 Å². The van der Waals surface area contributed by atoms with Gasteiger partial charge < -0.3 is 10.1 Å². The fourth-order valence-electron chi connectivity index (χ4n) is 1.96. The maximum Gasteiger partial charge on any atom is 0.159 e. The van der Waals surface area contributed by atoms with Crippen LogP contribution in [0, 0.1) is 6.92 Å². The van der Waals surface area contributed by atoms with Gasteiger partial charge in [0, 0.05) is 24.1 Å². The zero-order valence-corrected chi connectivity index (χ0v) is 11.8. The normalized spacial score (nSPS) is 10.4. The van der Waals surface area contributed by atoms with Crippen molar-refractivity contribution in [3.63, 3.8) is 0 Å². The molecule has 0 atom stereocenters. The average Bonchev–Trinajstić information content (AvgIpc) is 3.02. The Bertz CT molecular complexity index is 722. The molecule has 0 saturated carbocycles. The van der Waals surface area contributed by atoms with Crippen molar-refractivity contribution in [1.82, 2.24) is 19.7 Å². The summed E-state index contributed by atoms with van der Waals surface area (Å²) in [5, 5.41) is 7.43. The van der Waals surface area contributed by atoms with Gasteiger partial charge in [-0.05, 0) is 37.3 Å². The van der Waals surface area contributed by atoms with E-state index in [9.17, 15) is 0 Å². The van der Waals surface area contributed by atoms with Gasteiger partial charge in [-0.25, -0.2) is 14.6 Å². The van der Waals surface area contributed by atoms with E-state index in [2.05, 4.69) is 20.4 Å². The van der Waals surface area contributed by atoms with Gasteiger partial charge in [0.2, 0.25) is 0 Å². The third kappa shape index (κ3) is 3.00. The number of ether oxygens (including phenoxy) is 1. The fourth-order valence-corrected chi connectivity index (χ4v) is 1.96. The first kappa shape index (κ1) is 13.1. The summed E-state index contributed by atoms with van der Waals surface area (Å²) >= 11 is 0. The summed E-state index contributed by atoms with van der Waals surface area (Å²) in [6.45, 7) is 1.85. The zero-order valence-electron chi connectivity index (χ0n) is 11.8. The van der Waals surface area contributed by atoms with Crippen LogP contribution in [0.1, 0.15) is 5.82 Å². The summed E-state index contributed by atoms with van der Waals surface area (Å²) in [6.07, 6.45) is 3.56. The molecule has 1 N–H and O–H groups in total. The van der Waals surface area contributed by atoms with Gasteiger partial charge in [-0.15, -0.1) is 0 Å². The molecule has 2 aromatic heterocycles. The van der Waals surface area contributed by atoms with E-state index in [1.165, 1.54) is 0 Å². The van der Waals surface area contributed by atoms with Crippen LogP contribution in [0.5, 0.6) is 5.75 Å². The monoisotopic (exact) mass is 281 g/mol. The Labute approximate surface area is 122 Å². The molecule has 0 unspecified atom stereocenters. The number of aryl methyl sites for hydroxylation is 1. The van der Waals surface area contributed by atoms with Crippen LogP contribution in [0.4, 0.5) is 11.5 Å². The van der Waals surface area contributed by atoms with Gasteiger partial charge in [0.05, 0.1) is 7.11 Å². The number of aromatic nitrogens is 4. The highest BCUT2D eigenvalue weighted by Crippen LogP contribution is 2.19. The lowest BCUT2D eigenvalue weighted by molar-refractivity contribution is 0.415. The van der Waals surface area contributed by atoms with Gasteiger partial charge in [0.1, 0.15) is 17.4 Å². The van der Waals surface area contributed by atoms with Crippen LogP contribution in [0.25, 0.3) is 5.82 Å². The van der Waals surface area contributed by atoms with E-state index >= 15 is 0 Å². The van der Waals surface area contributed by atoms with E-state index in [0.717, 1.165) is 23.1 Å². The molecule has 2 heterocycles. The van der Waals surface area contributed by atoms with Crippen LogP contribution in [0.2, 0.25) is 0 Å². The molecule has 0 aliphatic rings. The van der Waals surface area contributed by atoms with E-state index in [-0.39, 0.29) is 0 Å². The molecule has 106 valence electrons. The molecule has 3 aromatic rings. The summed E-state index contributed by atoms with van der Waals surface area (Å²) in [5.41, 5.74) is 0.931. The van der Waals surface area contributed by atoms with Crippen molar-refractivity contribution in [3.05, 3.63) is 54.6 Å². The lowest BCUT2D eigenvalue weighted by Gasteiger charge is -2.09. The number of benzene rings is 1. The zero-order chi connectivity index (χ0) is 14.7. The Morgan fingerprint density at radius 2 is 1.95 bits per heavy atom. The first-order valence-electron chi connectivity index (χ1n) is 6.51. The first-order chi connectivity index (χ1) is 10.2. The van der Waals surface area contributed by atoms with E-state index in [1.54, 1.807) is 18.0 Å². The molecule has 0 fully saturated rings. The fraction of sp³-hybridized carbons (Fsp3) is 0.133. The number of anilines is 2. The Hall–Kier alpha value is -2.89. The molecule has 0 spiro atoms. The van der Waals surface area contributed by atoms with Gasteiger partial charge in [-0.3, -0.25) is 0 Å². The van der Waals surface area contributed by atoms with Crippen molar-refractivity contribution in [1.29, 1.82) is 0 Å². The number of methoxy groups -OCH3 is 1. The van der Waals surface area contributed by atoms with Gasteiger partial charge in [-0.2, -0.15) is 5.10 Å². The molecular weight excluding hydrogens is 266 g/mol. The third-order valence-electron chi connectivity index (χ3n) is 2.93. The molecule has 21 heavy (non-hydrogen) atoms. The van der Waals surface area contributed by atoms with Crippen molar-refractivity contribution in [2.24, 2.45) is 0 Å². The third-order valence-corrected chi connectivity index (χ3v) is 2.93. The lowest BCUT2D eigenvalue weighted by atomic mass is 10.3. The van der Waals surface area contributed by atoms with Crippen LogP contribution < -0.4 is 10.1 Å². The Balaban J connectivity index is 1.88. The topological polar surface area (TPSA) is 64.9 Å². The van der Waals surface area contributed by atoms with Crippen LogP contribution in [-0.2, 0) is 0 Å². The molecule has 0 amide bonds. The standard InChI is InChI=1S/C15H15N5O/c1-11-17-14(10-15(18-11)20-9-3-8-16-20)19-12-4-6-13(21-2)7-5-12/h3-10H,1-2H3,(H,17,18,19). The number of rotatable bonds is 4. The number of nitrogens with one attached hydrogen (secondary N) is 1. The minimum Gasteiger partial charge on any atom is -0.497 e. The van der Waals surface area contributed by atoms with Gasteiger partial charge in [0.25, 0.3) is 0 Å². The highest BCUT2D eigenvalue weighted by atomic mass is 16.5. The molecule has 3 rings (SSSR count). The lowest BCUT2D eigenvalue weighted by Crippen LogP contribution is -2.04. The second kappa shape index (κ2) is 5.62. The number of hydrogen-bond acceptors (Lipinski definition) is 5. The molecule has 1 aromatic carbocycles. The molecule has 6 nitrogen and oxygen atoms in total. The molecular formula is C15H15N5O. The number of nitrogens with zero attached hydrogens (tertiary/aromatic N) is 4. The van der Waals surface area contributed by atoms with E-state index < -0.39 is 0 Å². The Morgan fingerprint density at radius 3 is 2.62 bits per heavy atom. The molecule has 0 saturated heterocycles. The van der Waals surface area contributed by atoms with Crippen LogP contribution in [-0.4, -0.2) is 26.9 Å². The van der Waals surface area contributed by atoms with Crippen LogP contribution in [0.3, 0.4) is 0 Å². The second-order valence-corrected chi connectivity index (χ2v) is 4.46. The van der Waals surface area contributed by atoms with Crippen LogP contribution in [0.15, 0.2) is 48.8 Å². The Morgan fingerprint density at radius 1 is 1.14 bits per heavy atom. The minimum atomic E-state index is 0.680. The quantitative estimate of drug-likeness (QED) is 0.796. The van der Waals surface area contributed by atoms with Crippen molar-refractivity contribution >= 4 is 11.5 Å². The van der Waals surface area contributed by atoms with Crippen molar-refractivity contribution < 1.29 is 4.74 Å². The highest BCUT2D eigenvalue weighted by Gasteiger charge is 2.04. The highest BCUT2D eigenvalue weighted by molar-refractivity contribution is 5.58. The maximum atomic E-state index is 5.14. The number of hydrogen-bond donors (Lipinski definition) is 1. The van der Waals surface area contributed by atoms with E-state index in [0.29, 0.717) is 5.82 Å². The van der Waals surface area contributed by atoms with Crippen molar-refractivity contribution in [3.8, 4) is 11.6 Å². The summed E-state index contributed by atoms with van der Waals surface area (Å²) in [6, 6.07) is 11.4. The molecule has 0 bridgehead atoms. The first-order valence-corrected chi connectivity index (χ1v) is 6.51. The minimum absolute atomic E-state index is 0.680. The average molecular weight is 281 g/mol. The maximum absolute atomic E-state index is 5.14. The van der Waals surface area contributed by atoms with Crippen LogP contribution >= 0.6 is 0 Å². The molecule has 0 aliphatic carbocycles. The van der Waals surface area contributed by atoms with Crippen molar-refractivity contribution in [2.75, 3.05) is 12.4 Å². The molecule has 0 aliphatic heterocycles. The van der Waals surface area contributed by atoms with Gasteiger partial charge in [-0.1, -0.05) is 0 Å². The second-order valence-electron chi connectivity index (χ2n) is 4.46. The smallest absolute Gasteiger partial charge is 0.159 e. The van der Waals surface area contributed by atoms with Gasteiger partial charge in [0.15, 0.2) is 5.82 Å². The SMILES string of the molecule is COc1ccc(Nc2cc(-n3cccn3)nc(C)n2)cc1. The summed E-state index contributed by atoms with van der Waals surface area (Å²) in [4.78, 5) is 8.76. The predicted molar refractivity (Wildman–Crippen MR) is 80.2 cm³/mol. The van der Waals surface area contributed by atoms with E-state index in [4.69, 9.17) is 4.74 Å². The van der Waals surface area contributed by atoms with Crippen molar-refractivity contribution in [2.45, 2.75) is 6.92 Å². The summed E-state index contributed by atoms with van der Waals surface area (Å²) < 4.78 is 6.84. The molecule has 0 radical (unpaired) electrons. The van der Waals surface area contributed by atoms with Gasteiger partial charge >= 0.3 is 0 Å². The summed E-state index contributed by atoms with van der Waals surface area (Å²) in [7, 11) is 1.65. The Kier molecular flexibility index (Phi) is 3.51.